The Bertz CT molecular complexity index is 435. The van der Waals surface area contributed by atoms with Gasteiger partial charge in [-0.05, 0) is 39.4 Å². The van der Waals surface area contributed by atoms with E-state index in [1.54, 1.807) is 6.20 Å². The summed E-state index contributed by atoms with van der Waals surface area (Å²) in [7, 11) is 1.98. The molecule has 0 aliphatic carbocycles. The number of pyridine rings is 1. The summed E-state index contributed by atoms with van der Waals surface area (Å²) < 4.78 is 5.46. The second kappa shape index (κ2) is 6.08. The number of nitrogen functional groups attached to an aromatic ring is 1. The number of rotatable bonds is 4. The molecule has 5 heteroatoms. The van der Waals surface area contributed by atoms with E-state index in [0.29, 0.717) is 5.82 Å². The van der Waals surface area contributed by atoms with E-state index in [9.17, 15) is 0 Å². The molecule has 0 radical (unpaired) electrons. The summed E-state index contributed by atoms with van der Waals surface area (Å²) in [6, 6.07) is 2.15. The van der Waals surface area contributed by atoms with Gasteiger partial charge < -0.3 is 15.8 Å². The molecule has 1 aliphatic rings. The Morgan fingerprint density at radius 3 is 2.60 bits per heavy atom. The highest BCUT2D eigenvalue weighted by molar-refractivity contribution is 5.47. The summed E-state index contributed by atoms with van der Waals surface area (Å²) in [5, 5.41) is 3.44. The monoisotopic (exact) mass is 278 g/mol. The van der Waals surface area contributed by atoms with E-state index < -0.39 is 0 Å². The normalized spacial score (nSPS) is 19.0. The van der Waals surface area contributed by atoms with E-state index in [2.05, 4.69) is 36.0 Å². The largest absolute Gasteiger partial charge is 0.383 e. The number of hydrogen-bond donors (Lipinski definition) is 2. The standard InChI is InChI=1S/C15H26N4O/c1-11-5-6-18-14(16)12(11)13(17-4)15(2,3)19-7-9-20-10-8-19/h5-6,13,17H,7-10H2,1-4H3,(H2,16,18). The van der Waals surface area contributed by atoms with Crippen LogP contribution < -0.4 is 11.1 Å². The fourth-order valence-electron chi connectivity index (χ4n) is 3.14. The zero-order chi connectivity index (χ0) is 14.8. The van der Waals surface area contributed by atoms with Crippen LogP contribution in [0.2, 0.25) is 0 Å². The maximum atomic E-state index is 6.13. The van der Waals surface area contributed by atoms with Crippen molar-refractivity contribution in [2.45, 2.75) is 32.4 Å². The van der Waals surface area contributed by atoms with Crippen LogP contribution in [0, 0.1) is 6.92 Å². The fourth-order valence-corrected chi connectivity index (χ4v) is 3.14. The Morgan fingerprint density at radius 2 is 2.05 bits per heavy atom. The van der Waals surface area contributed by atoms with Crippen molar-refractivity contribution < 1.29 is 4.74 Å². The molecule has 3 N–H and O–H groups in total. The molecule has 0 amide bonds. The number of aryl methyl sites for hydroxylation is 1. The maximum Gasteiger partial charge on any atom is 0.128 e. The van der Waals surface area contributed by atoms with Gasteiger partial charge in [-0.15, -0.1) is 0 Å². The van der Waals surface area contributed by atoms with Gasteiger partial charge in [0.15, 0.2) is 0 Å². The lowest BCUT2D eigenvalue weighted by molar-refractivity contribution is -0.0229. The van der Waals surface area contributed by atoms with E-state index in [-0.39, 0.29) is 11.6 Å². The van der Waals surface area contributed by atoms with E-state index in [1.807, 2.05) is 13.1 Å². The van der Waals surface area contributed by atoms with Crippen LogP contribution in [0.5, 0.6) is 0 Å². The highest BCUT2D eigenvalue weighted by atomic mass is 16.5. The Morgan fingerprint density at radius 1 is 1.40 bits per heavy atom. The first kappa shape index (κ1) is 15.2. The lowest BCUT2D eigenvalue weighted by atomic mass is 9.85. The Labute approximate surface area is 121 Å². The summed E-state index contributed by atoms with van der Waals surface area (Å²) in [5.41, 5.74) is 8.36. The minimum atomic E-state index is -0.0551. The van der Waals surface area contributed by atoms with Gasteiger partial charge in [-0.3, -0.25) is 4.90 Å². The van der Waals surface area contributed by atoms with Crippen molar-refractivity contribution in [3.8, 4) is 0 Å². The topological polar surface area (TPSA) is 63.4 Å². The van der Waals surface area contributed by atoms with Gasteiger partial charge in [0.1, 0.15) is 5.82 Å². The van der Waals surface area contributed by atoms with Crippen LogP contribution in [0.4, 0.5) is 5.82 Å². The molecule has 0 saturated carbocycles. The van der Waals surface area contributed by atoms with Crippen LogP contribution in [-0.2, 0) is 4.74 Å². The van der Waals surface area contributed by atoms with Gasteiger partial charge in [0.05, 0.1) is 19.3 Å². The number of nitrogens with one attached hydrogen (secondary N) is 1. The number of hydrogen-bond acceptors (Lipinski definition) is 5. The average molecular weight is 278 g/mol. The minimum Gasteiger partial charge on any atom is -0.383 e. The molecule has 1 atom stereocenters. The third-order valence-corrected chi connectivity index (χ3v) is 4.35. The van der Waals surface area contributed by atoms with Gasteiger partial charge >= 0.3 is 0 Å². The molecule has 0 bridgehead atoms. The van der Waals surface area contributed by atoms with Gasteiger partial charge in [-0.1, -0.05) is 0 Å². The van der Waals surface area contributed by atoms with Crippen LogP contribution in [0.25, 0.3) is 0 Å². The van der Waals surface area contributed by atoms with Crippen LogP contribution in [0.3, 0.4) is 0 Å². The molecule has 1 aromatic heterocycles. The average Bonchev–Trinajstić information content (AvgIpc) is 2.43. The molecular weight excluding hydrogens is 252 g/mol. The predicted molar refractivity (Wildman–Crippen MR) is 81.7 cm³/mol. The fraction of sp³-hybridized carbons (Fsp3) is 0.667. The number of nitrogens with zero attached hydrogens (tertiary/aromatic N) is 2. The van der Waals surface area contributed by atoms with E-state index >= 15 is 0 Å². The zero-order valence-corrected chi connectivity index (χ0v) is 12.9. The molecule has 1 aliphatic heterocycles. The van der Waals surface area contributed by atoms with Crippen molar-refractivity contribution in [3.05, 3.63) is 23.4 Å². The Balaban J connectivity index is 2.35. The molecule has 0 spiro atoms. The summed E-state index contributed by atoms with van der Waals surface area (Å²) in [4.78, 5) is 6.72. The summed E-state index contributed by atoms with van der Waals surface area (Å²) in [5.74, 6) is 0.616. The predicted octanol–water partition coefficient (Wildman–Crippen LogP) is 1.34. The van der Waals surface area contributed by atoms with Crippen molar-refractivity contribution in [3.63, 3.8) is 0 Å². The van der Waals surface area contributed by atoms with Crippen LogP contribution >= 0.6 is 0 Å². The first-order valence-corrected chi connectivity index (χ1v) is 7.19. The molecule has 2 heterocycles. The number of nitrogens with two attached hydrogens (primary N) is 1. The molecule has 5 nitrogen and oxygen atoms in total. The molecule has 1 saturated heterocycles. The lowest BCUT2D eigenvalue weighted by Gasteiger charge is -2.46. The highest BCUT2D eigenvalue weighted by Gasteiger charge is 2.38. The third-order valence-electron chi connectivity index (χ3n) is 4.35. The SMILES string of the molecule is CNC(c1c(C)ccnc1N)C(C)(C)N1CCOCC1. The summed E-state index contributed by atoms with van der Waals surface area (Å²) in [6.07, 6.45) is 1.77. The quantitative estimate of drug-likeness (QED) is 0.870. The molecule has 1 aromatic rings. The molecule has 2 rings (SSSR count). The Hall–Kier alpha value is -1.17. The van der Waals surface area contributed by atoms with E-state index in [0.717, 1.165) is 31.9 Å². The summed E-state index contributed by atoms with van der Waals surface area (Å²) >= 11 is 0. The van der Waals surface area contributed by atoms with Crippen LogP contribution in [-0.4, -0.2) is 48.8 Å². The van der Waals surface area contributed by atoms with E-state index in [1.165, 1.54) is 5.56 Å². The molecular formula is C15H26N4O. The Kier molecular flexibility index (Phi) is 4.62. The summed E-state index contributed by atoms with van der Waals surface area (Å²) in [6.45, 7) is 10.1. The van der Waals surface area contributed by atoms with Crippen molar-refractivity contribution in [2.24, 2.45) is 0 Å². The first-order chi connectivity index (χ1) is 9.48. The number of morpholine rings is 1. The highest BCUT2D eigenvalue weighted by Crippen LogP contribution is 2.35. The van der Waals surface area contributed by atoms with Crippen LogP contribution in [0.1, 0.15) is 31.0 Å². The second-order valence-electron chi connectivity index (χ2n) is 5.90. The molecule has 20 heavy (non-hydrogen) atoms. The minimum absolute atomic E-state index is 0.0551. The van der Waals surface area contributed by atoms with E-state index in [4.69, 9.17) is 10.5 Å². The van der Waals surface area contributed by atoms with Gasteiger partial charge in [-0.25, -0.2) is 4.98 Å². The molecule has 112 valence electrons. The number of anilines is 1. The van der Waals surface area contributed by atoms with Gasteiger partial charge in [0.25, 0.3) is 0 Å². The van der Waals surface area contributed by atoms with Gasteiger partial charge in [0.2, 0.25) is 0 Å². The molecule has 0 aromatic carbocycles. The van der Waals surface area contributed by atoms with Crippen molar-refractivity contribution in [1.29, 1.82) is 0 Å². The zero-order valence-electron chi connectivity index (χ0n) is 12.9. The van der Waals surface area contributed by atoms with Crippen LogP contribution in [0.15, 0.2) is 12.3 Å². The smallest absolute Gasteiger partial charge is 0.128 e. The third kappa shape index (κ3) is 2.80. The number of ether oxygens (including phenoxy) is 1. The second-order valence-corrected chi connectivity index (χ2v) is 5.90. The first-order valence-electron chi connectivity index (χ1n) is 7.19. The van der Waals surface area contributed by atoms with Gasteiger partial charge in [0, 0.05) is 30.4 Å². The lowest BCUT2D eigenvalue weighted by Crippen LogP contribution is -2.56. The maximum absolute atomic E-state index is 6.13. The van der Waals surface area contributed by atoms with Crippen molar-refractivity contribution in [1.82, 2.24) is 15.2 Å². The molecule has 1 fully saturated rings. The van der Waals surface area contributed by atoms with Crippen molar-refractivity contribution in [2.75, 3.05) is 39.1 Å². The van der Waals surface area contributed by atoms with Crippen molar-refractivity contribution >= 4 is 5.82 Å². The molecule has 1 unspecified atom stereocenters. The number of likely N-dealkylation sites (N-methyl/N-ethyl adjacent to an activating group) is 1. The number of aromatic nitrogens is 1. The van der Waals surface area contributed by atoms with Gasteiger partial charge in [-0.2, -0.15) is 0 Å².